The Kier molecular flexibility index (Phi) is 2.88. The Labute approximate surface area is 127 Å². The largest absolute Gasteiger partial charge is 0.454 e. The van der Waals surface area contributed by atoms with E-state index in [-0.39, 0.29) is 24.1 Å². The second-order valence-corrected chi connectivity index (χ2v) is 6.12. The van der Waals surface area contributed by atoms with Crippen molar-refractivity contribution in [3.05, 3.63) is 18.2 Å². The summed E-state index contributed by atoms with van der Waals surface area (Å²) in [5.74, 6) is 1.41. The van der Waals surface area contributed by atoms with Crippen LogP contribution < -0.4 is 20.1 Å². The van der Waals surface area contributed by atoms with Crippen LogP contribution in [-0.4, -0.2) is 43.3 Å². The van der Waals surface area contributed by atoms with Gasteiger partial charge in [-0.1, -0.05) is 0 Å². The lowest BCUT2D eigenvalue weighted by atomic mass is 9.86. The zero-order valence-corrected chi connectivity index (χ0v) is 12.1. The van der Waals surface area contributed by atoms with Crippen LogP contribution in [0.5, 0.6) is 11.5 Å². The van der Waals surface area contributed by atoms with Crippen LogP contribution in [-0.2, 0) is 4.79 Å². The summed E-state index contributed by atoms with van der Waals surface area (Å²) in [6.07, 6.45) is 1.38. The molecule has 4 rings (SSSR count). The van der Waals surface area contributed by atoms with Crippen molar-refractivity contribution in [1.29, 1.82) is 0 Å². The number of carbonyl (C=O) groups excluding carboxylic acids is 2. The molecular formula is C15H17N3O4. The number of hydrogen-bond donors (Lipinski definition) is 2. The van der Waals surface area contributed by atoms with Gasteiger partial charge in [-0.15, -0.1) is 0 Å². The van der Waals surface area contributed by atoms with Crippen molar-refractivity contribution < 1.29 is 19.1 Å². The summed E-state index contributed by atoms with van der Waals surface area (Å²) < 4.78 is 10.5. The standard InChI is InChI=1S/C15H17N3O4/c19-13-6-15(7-16-13)3-4-18(8-15)14(20)17-10-1-2-11-12(5-10)22-9-21-11/h1-2,5H,3-4,6-9H2,(H,16,19)(H,17,20). The fraction of sp³-hybridized carbons (Fsp3) is 0.467. The minimum atomic E-state index is -0.143. The van der Waals surface area contributed by atoms with E-state index in [1.807, 2.05) is 0 Å². The van der Waals surface area contributed by atoms with Crippen molar-refractivity contribution in [3.63, 3.8) is 0 Å². The number of rotatable bonds is 1. The molecule has 0 aromatic heterocycles. The van der Waals surface area contributed by atoms with Crippen LogP contribution in [0.1, 0.15) is 12.8 Å². The summed E-state index contributed by atoms with van der Waals surface area (Å²) in [6.45, 7) is 2.16. The number of likely N-dealkylation sites (tertiary alicyclic amines) is 1. The zero-order chi connectivity index (χ0) is 15.2. The Morgan fingerprint density at radius 1 is 1.32 bits per heavy atom. The maximum Gasteiger partial charge on any atom is 0.321 e. The topological polar surface area (TPSA) is 79.9 Å². The van der Waals surface area contributed by atoms with Gasteiger partial charge in [0.05, 0.1) is 0 Å². The van der Waals surface area contributed by atoms with E-state index >= 15 is 0 Å². The molecule has 3 amide bonds. The number of benzene rings is 1. The third-order valence-corrected chi connectivity index (χ3v) is 4.55. The summed E-state index contributed by atoms with van der Waals surface area (Å²) in [5, 5.41) is 5.74. The van der Waals surface area contributed by atoms with E-state index in [4.69, 9.17) is 9.47 Å². The second-order valence-electron chi connectivity index (χ2n) is 6.12. The Bertz CT molecular complexity index is 648. The van der Waals surface area contributed by atoms with Crippen molar-refractivity contribution >= 4 is 17.6 Å². The predicted octanol–water partition coefficient (Wildman–Crippen LogP) is 1.16. The van der Waals surface area contributed by atoms with Gasteiger partial charge in [-0.25, -0.2) is 4.79 Å². The smallest absolute Gasteiger partial charge is 0.321 e. The molecule has 0 saturated carbocycles. The van der Waals surface area contributed by atoms with Crippen molar-refractivity contribution in [3.8, 4) is 11.5 Å². The van der Waals surface area contributed by atoms with Crippen molar-refractivity contribution in [2.45, 2.75) is 12.8 Å². The third-order valence-electron chi connectivity index (χ3n) is 4.55. The van der Waals surface area contributed by atoms with E-state index in [0.29, 0.717) is 43.2 Å². The number of urea groups is 1. The first-order chi connectivity index (χ1) is 10.6. The van der Waals surface area contributed by atoms with Gasteiger partial charge in [0.25, 0.3) is 0 Å². The molecule has 1 atom stereocenters. The molecule has 2 fully saturated rings. The number of amides is 3. The molecule has 0 radical (unpaired) electrons. The maximum atomic E-state index is 12.4. The highest BCUT2D eigenvalue weighted by Crippen LogP contribution is 2.37. The van der Waals surface area contributed by atoms with Gasteiger partial charge in [-0.05, 0) is 18.6 Å². The van der Waals surface area contributed by atoms with Crippen molar-refractivity contribution in [2.75, 3.05) is 31.7 Å². The molecule has 3 aliphatic heterocycles. The Morgan fingerprint density at radius 2 is 2.18 bits per heavy atom. The first-order valence-electron chi connectivity index (χ1n) is 7.36. The number of nitrogens with one attached hydrogen (secondary N) is 2. The number of fused-ring (bicyclic) bond motifs is 1. The molecule has 116 valence electrons. The Morgan fingerprint density at radius 3 is 3.00 bits per heavy atom. The zero-order valence-electron chi connectivity index (χ0n) is 12.1. The normalized spacial score (nSPS) is 25.6. The summed E-state index contributed by atoms with van der Waals surface area (Å²) in [5.41, 5.74) is 0.597. The summed E-state index contributed by atoms with van der Waals surface area (Å²) >= 11 is 0. The number of nitrogens with zero attached hydrogens (tertiary/aromatic N) is 1. The fourth-order valence-electron chi connectivity index (χ4n) is 3.33. The van der Waals surface area contributed by atoms with Gasteiger partial charge >= 0.3 is 6.03 Å². The average molecular weight is 303 g/mol. The maximum absolute atomic E-state index is 12.4. The van der Waals surface area contributed by atoms with E-state index in [0.717, 1.165) is 6.42 Å². The predicted molar refractivity (Wildman–Crippen MR) is 77.8 cm³/mol. The molecule has 2 N–H and O–H groups in total. The van der Waals surface area contributed by atoms with Gasteiger partial charge in [0.15, 0.2) is 11.5 Å². The van der Waals surface area contributed by atoms with E-state index < -0.39 is 0 Å². The number of carbonyl (C=O) groups is 2. The lowest BCUT2D eigenvalue weighted by Gasteiger charge is -2.22. The van der Waals surface area contributed by atoms with Gasteiger partial charge in [0.1, 0.15) is 0 Å². The third kappa shape index (κ3) is 2.22. The molecule has 1 aromatic rings. The molecule has 22 heavy (non-hydrogen) atoms. The van der Waals surface area contributed by atoms with Gasteiger partial charge in [0.2, 0.25) is 12.7 Å². The van der Waals surface area contributed by atoms with E-state index in [9.17, 15) is 9.59 Å². The second kappa shape index (κ2) is 4.79. The molecule has 3 aliphatic rings. The first kappa shape index (κ1) is 13.2. The SMILES string of the molecule is O=C1CC2(CCN(C(=O)Nc3ccc4c(c3)OCO4)C2)CN1. The van der Waals surface area contributed by atoms with Gasteiger partial charge in [0, 0.05) is 43.2 Å². The quantitative estimate of drug-likeness (QED) is 0.816. The Balaban J connectivity index is 1.42. The highest BCUT2D eigenvalue weighted by Gasteiger charge is 2.45. The molecule has 1 aromatic carbocycles. The minimum absolute atomic E-state index is 0.0801. The van der Waals surface area contributed by atoms with Crippen LogP contribution in [0.15, 0.2) is 18.2 Å². The van der Waals surface area contributed by atoms with E-state index in [1.165, 1.54) is 0 Å². The van der Waals surface area contributed by atoms with Crippen LogP contribution in [0.4, 0.5) is 10.5 Å². The molecule has 0 bridgehead atoms. The van der Waals surface area contributed by atoms with Crippen molar-refractivity contribution in [1.82, 2.24) is 10.2 Å². The van der Waals surface area contributed by atoms with E-state index in [2.05, 4.69) is 10.6 Å². The summed E-state index contributed by atoms with van der Waals surface area (Å²) in [7, 11) is 0. The lowest BCUT2D eigenvalue weighted by Crippen LogP contribution is -2.36. The highest BCUT2D eigenvalue weighted by molar-refractivity contribution is 5.90. The molecule has 7 heteroatoms. The van der Waals surface area contributed by atoms with E-state index in [1.54, 1.807) is 23.1 Å². The first-order valence-corrected chi connectivity index (χ1v) is 7.36. The molecular weight excluding hydrogens is 286 g/mol. The summed E-state index contributed by atoms with van der Waals surface area (Å²) in [4.78, 5) is 25.6. The van der Waals surface area contributed by atoms with Crippen LogP contribution in [0.2, 0.25) is 0 Å². The van der Waals surface area contributed by atoms with Gasteiger partial charge in [-0.2, -0.15) is 0 Å². The number of hydrogen-bond acceptors (Lipinski definition) is 4. The van der Waals surface area contributed by atoms with Crippen LogP contribution in [0, 0.1) is 5.41 Å². The molecule has 1 unspecified atom stereocenters. The van der Waals surface area contributed by atoms with Crippen molar-refractivity contribution in [2.24, 2.45) is 5.41 Å². The van der Waals surface area contributed by atoms with Crippen LogP contribution >= 0.6 is 0 Å². The molecule has 0 aliphatic carbocycles. The monoisotopic (exact) mass is 303 g/mol. The van der Waals surface area contributed by atoms with Gasteiger partial charge < -0.3 is 25.0 Å². The fourth-order valence-corrected chi connectivity index (χ4v) is 3.33. The van der Waals surface area contributed by atoms with Crippen LogP contribution in [0.25, 0.3) is 0 Å². The minimum Gasteiger partial charge on any atom is -0.454 e. The lowest BCUT2D eigenvalue weighted by molar-refractivity contribution is -0.119. The number of ether oxygens (including phenoxy) is 2. The average Bonchev–Trinajstić information content (AvgIpc) is 3.20. The molecule has 7 nitrogen and oxygen atoms in total. The highest BCUT2D eigenvalue weighted by atomic mass is 16.7. The van der Waals surface area contributed by atoms with Gasteiger partial charge in [-0.3, -0.25) is 4.79 Å². The molecule has 2 saturated heterocycles. The molecule has 1 spiro atoms. The summed E-state index contributed by atoms with van der Waals surface area (Å²) in [6, 6.07) is 5.18. The Hall–Kier alpha value is -2.44. The van der Waals surface area contributed by atoms with Crippen LogP contribution in [0.3, 0.4) is 0 Å². The number of anilines is 1. The molecule has 3 heterocycles.